The molecule has 0 aliphatic heterocycles. The predicted octanol–water partition coefficient (Wildman–Crippen LogP) is 1.16. The van der Waals surface area contributed by atoms with Crippen molar-refractivity contribution in [2.24, 2.45) is 5.73 Å². The molecule has 1 aliphatic carbocycles. The fourth-order valence-corrected chi connectivity index (χ4v) is 1.85. The Kier molecular flexibility index (Phi) is 3.33. The monoisotopic (exact) mass is 211 g/mol. The first-order chi connectivity index (χ1) is 7.24. The van der Waals surface area contributed by atoms with Crippen LogP contribution in [-0.2, 0) is 11.3 Å². The van der Waals surface area contributed by atoms with Crippen LogP contribution in [-0.4, -0.2) is 22.3 Å². The van der Waals surface area contributed by atoms with Crippen LogP contribution in [0.25, 0.3) is 0 Å². The summed E-state index contributed by atoms with van der Waals surface area (Å²) in [5, 5.41) is 3.78. The van der Waals surface area contributed by atoms with E-state index >= 15 is 0 Å². The number of hydrogen-bond donors (Lipinski definition) is 1. The molecule has 0 radical (unpaired) electrons. The number of ether oxygens (including phenoxy) is 1. The molecule has 0 saturated heterocycles. The molecule has 15 heavy (non-hydrogen) atoms. The highest BCUT2D eigenvalue weighted by atomic mass is 16.5. The van der Waals surface area contributed by atoms with Crippen LogP contribution in [0.4, 0.5) is 0 Å². The molecule has 1 fully saturated rings. The summed E-state index contributed by atoms with van der Waals surface area (Å²) in [6, 6.07) is 0.359. The van der Waals surface area contributed by atoms with Gasteiger partial charge in [0, 0.05) is 13.0 Å². The standard InChI is InChI=1S/C10H17N3O2/c1-7-12-10(13-15-7)6-14-9-4-2-8(11)3-5-9/h8-9H,2-6,11H2,1H3. The van der Waals surface area contributed by atoms with Crippen LogP contribution in [0.15, 0.2) is 4.52 Å². The molecular formula is C10H17N3O2. The average Bonchev–Trinajstić information content (AvgIpc) is 2.64. The first-order valence-corrected chi connectivity index (χ1v) is 5.40. The van der Waals surface area contributed by atoms with Gasteiger partial charge in [0.1, 0.15) is 6.61 Å². The molecule has 0 unspecified atom stereocenters. The molecule has 2 rings (SSSR count). The van der Waals surface area contributed by atoms with Crippen molar-refractivity contribution in [1.82, 2.24) is 10.1 Å². The normalized spacial score (nSPS) is 26.8. The Morgan fingerprint density at radius 1 is 1.40 bits per heavy atom. The number of nitrogens with two attached hydrogens (primary N) is 1. The second-order valence-corrected chi connectivity index (χ2v) is 4.08. The zero-order valence-corrected chi connectivity index (χ0v) is 8.98. The van der Waals surface area contributed by atoms with Gasteiger partial charge in [0.15, 0.2) is 5.82 Å². The van der Waals surface area contributed by atoms with Gasteiger partial charge >= 0.3 is 0 Å². The van der Waals surface area contributed by atoms with E-state index in [4.69, 9.17) is 15.0 Å². The molecule has 0 aromatic carbocycles. The first kappa shape index (κ1) is 10.6. The lowest BCUT2D eigenvalue weighted by atomic mass is 9.94. The maximum Gasteiger partial charge on any atom is 0.223 e. The molecule has 1 aromatic rings. The second kappa shape index (κ2) is 4.72. The molecule has 0 bridgehead atoms. The Morgan fingerprint density at radius 3 is 2.73 bits per heavy atom. The van der Waals surface area contributed by atoms with E-state index < -0.39 is 0 Å². The van der Waals surface area contributed by atoms with E-state index in [-0.39, 0.29) is 0 Å². The van der Waals surface area contributed by atoms with Crippen molar-refractivity contribution < 1.29 is 9.26 Å². The van der Waals surface area contributed by atoms with Gasteiger partial charge in [0.2, 0.25) is 5.89 Å². The summed E-state index contributed by atoms with van der Waals surface area (Å²) in [6.07, 6.45) is 4.49. The number of aryl methyl sites for hydroxylation is 1. The topological polar surface area (TPSA) is 74.2 Å². The highest BCUT2D eigenvalue weighted by molar-refractivity contribution is 4.82. The quantitative estimate of drug-likeness (QED) is 0.812. The fraction of sp³-hybridized carbons (Fsp3) is 0.800. The van der Waals surface area contributed by atoms with Crippen molar-refractivity contribution >= 4 is 0 Å². The Labute approximate surface area is 89.0 Å². The van der Waals surface area contributed by atoms with Crippen LogP contribution >= 0.6 is 0 Å². The minimum absolute atomic E-state index is 0.309. The van der Waals surface area contributed by atoms with Crippen molar-refractivity contribution in [3.05, 3.63) is 11.7 Å². The second-order valence-electron chi connectivity index (χ2n) is 4.08. The lowest BCUT2D eigenvalue weighted by Gasteiger charge is -2.25. The summed E-state index contributed by atoms with van der Waals surface area (Å²) in [7, 11) is 0. The molecule has 1 saturated carbocycles. The maximum atomic E-state index is 5.81. The minimum Gasteiger partial charge on any atom is -0.370 e. The zero-order valence-electron chi connectivity index (χ0n) is 8.98. The Balaban J connectivity index is 1.74. The van der Waals surface area contributed by atoms with Crippen molar-refractivity contribution in [3.8, 4) is 0 Å². The Hall–Kier alpha value is -0.940. The number of aromatic nitrogens is 2. The lowest BCUT2D eigenvalue weighted by molar-refractivity contribution is 0.00981. The minimum atomic E-state index is 0.309. The van der Waals surface area contributed by atoms with Crippen molar-refractivity contribution in [3.63, 3.8) is 0 Å². The van der Waals surface area contributed by atoms with Crippen LogP contribution in [0.5, 0.6) is 0 Å². The van der Waals surface area contributed by atoms with Gasteiger partial charge in [-0.1, -0.05) is 5.16 Å². The van der Waals surface area contributed by atoms with Crippen LogP contribution in [0, 0.1) is 6.92 Å². The fourth-order valence-electron chi connectivity index (χ4n) is 1.85. The molecule has 0 atom stereocenters. The third kappa shape index (κ3) is 3.00. The van der Waals surface area contributed by atoms with Gasteiger partial charge in [-0.2, -0.15) is 4.98 Å². The van der Waals surface area contributed by atoms with Gasteiger partial charge < -0.3 is 15.0 Å². The summed E-state index contributed by atoms with van der Waals surface area (Å²) in [5.74, 6) is 1.21. The van der Waals surface area contributed by atoms with Gasteiger partial charge in [-0.05, 0) is 25.7 Å². The average molecular weight is 211 g/mol. The summed E-state index contributed by atoms with van der Waals surface area (Å²) in [6.45, 7) is 2.22. The zero-order chi connectivity index (χ0) is 10.7. The number of rotatable bonds is 3. The Morgan fingerprint density at radius 2 is 2.13 bits per heavy atom. The molecule has 2 N–H and O–H groups in total. The van der Waals surface area contributed by atoms with E-state index in [1.165, 1.54) is 0 Å². The van der Waals surface area contributed by atoms with Gasteiger partial charge in [-0.25, -0.2) is 0 Å². The SMILES string of the molecule is Cc1nc(COC2CCC(N)CC2)no1. The molecule has 5 nitrogen and oxygen atoms in total. The van der Waals surface area contributed by atoms with Crippen molar-refractivity contribution in [2.75, 3.05) is 0 Å². The van der Waals surface area contributed by atoms with Crippen molar-refractivity contribution in [1.29, 1.82) is 0 Å². The van der Waals surface area contributed by atoms with E-state index in [1.54, 1.807) is 6.92 Å². The predicted molar refractivity (Wildman–Crippen MR) is 54.1 cm³/mol. The highest BCUT2D eigenvalue weighted by Gasteiger charge is 2.19. The van der Waals surface area contributed by atoms with Gasteiger partial charge in [-0.3, -0.25) is 0 Å². The third-order valence-corrected chi connectivity index (χ3v) is 2.74. The molecule has 84 valence electrons. The van der Waals surface area contributed by atoms with Crippen molar-refractivity contribution in [2.45, 2.75) is 51.4 Å². The summed E-state index contributed by atoms with van der Waals surface area (Å²) >= 11 is 0. The third-order valence-electron chi connectivity index (χ3n) is 2.74. The van der Waals surface area contributed by atoms with Gasteiger partial charge in [0.05, 0.1) is 6.10 Å². The Bertz CT molecular complexity index is 305. The molecule has 1 heterocycles. The van der Waals surface area contributed by atoms with Gasteiger partial charge in [0.25, 0.3) is 0 Å². The van der Waals surface area contributed by atoms with E-state index in [9.17, 15) is 0 Å². The first-order valence-electron chi connectivity index (χ1n) is 5.40. The van der Waals surface area contributed by atoms with Crippen LogP contribution in [0.3, 0.4) is 0 Å². The summed E-state index contributed by atoms with van der Waals surface area (Å²) in [4.78, 5) is 4.08. The maximum absolute atomic E-state index is 5.81. The van der Waals surface area contributed by atoms with Gasteiger partial charge in [-0.15, -0.1) is 0 Å². The lowest BCUT2D eigenvalue weighted by Crippen LogP contribution is -2.30. The van der Waals surface area contributed by atoms with E-state index in [2.05, 4.69) is 10.1 Å². The molecule has 0 amide bonds. The van der Waals surface area contributed by atoms with Crippen LogP contribution in [0.1, 0.15) is 37.4 Å². The molecule has 5 heteroatoms. The summed E-state index contributed by atoms with van der Waals surface area (Å²) < 4.78 is 10.6. The van der Waals surface area contributed by atoms with E-state index in [0.29, 0.717) is 30.5 Å². The van der Waals surface area contributed by atoms with E-state index in [1.807, 2.05) is 0 Å². The smallest absolute Gasteiger partial charge is 0.223 e. The summed E-state index contributed by atoms with van der Waals surface area (Å²) in [5.41, 5.74) is 5.81. The van der Waals surface area contributed by atoms with Crippen LogP contribution in [0.2, 0.25) is 0 Å². The van der Waals surface area contributed by atoms with E-state index in [0.717, 1.165) is 25.7 Å². The molecular weight excluding hydrogens is 194 g/mol. The molecule has 1 aromatic heterocycles. The van der Waals surface area contributed by atoms with Crippen LogP contribution < -0.4 is 5.73 Å². The number of hydrogen-bond acceptors (Lipinski definition) is 5. The largest absolute Gasteiger partial charge is 0.370 e. The number of nitrogens with zero attached hydrogens (tertiary/aromatic N) is 2. The highest BCUT2D eigenvalue weighted by Crippen LogP contribution is 2.20. The molecule has 1 aliphatic rings. The molecule has 0 spiro atoms.